The summed E-state index contributed by atoms with van der Waals surface area (Å²) < 4.78 is 6.34. The van der Waals surface area contributed by atoms with Crippen LogP contribution in [-0.4, -0.2) is 41.9 Å². The van der Waals surface area contributed by atoms with E-state index < -0.39 is 6.04 Å². The largest absolute Gasteiger partial charge is 0.483 e. The fraction of sp³-hybridized carbons (Fsp3) is 0.364. The monoisotopic (exact) mass is 480 g/mol. The highest BCUT2D eigenvalue weighted by molar-refractivity contribution is 9.10. The summed E-state index contributed by atoms with van der Waals surface area (Å²) in [4.78, 5) is 27.0. The maximum atomic E-state index is 12.9. The molecule has 2 aromatic carbocycles. The number of benzene rings is 2. The van der Waals surface area contributed by atoms with Crippen molar-refractivity contribution < 1.29 is 14.3 Å². The molecule has 1 N–H and O–H groups in total. The number of carbonyl (C=O) groups is 2. The van der Waals surface area contributed by atoms with Gasteiger partial charge in [0.05, 0.1) is 4.47 Å². The number of carbonyl (C=O) groups excluding carboxylic acids is 2. The number of halogens is 2. The van der Waals surface area contributed by atoms with Crippen LogP contribution >= 0.6 is 27.5 Å². The molecule has 0 fully saturated rings. The fourth-order valence-corrected chi connectivity index (χ4v) is 3.59. The van der Waals surface area contributed by atoms with Gasteiger partial charge in [-0.3, -0.25) is 9.59 Å². The number of rotatable bonds is 9. The first-order chi connectivity index (χ1) is 13.8. The maximum absolute atomic E-state index is 12.9. The Labute approximate surface area is 185 Å². The SMILES string of the molecule is CC(C)NC(=O)C(C)N(CCc1ccccc1)C(=O)COc1ccc(Cl)cc1Br. The minimum absolute atomic E-state index is 0.00250. The second-order valence-corrected chi connectivity index (χ2v) is 8.32. The van der Waals surface area contributed by atoms with E-state index in [0.29, 0.717) is 28.2 Å². The molecule has 0 aliphatic heterocycles. The highest BCUT2D eigenvalue weighted by atomic mass is 79.9. The van der Waals surface area contributed by atoms with Crippen LogP contribution in [-0.2, 0) is 16.0 Å². The van der Waals surface area contributed by atoms with Crippen molar-refractivity contribution >= 4 is 39.3 Å². The minimum atomic E-state index is -0.606. The van der Waals surface area contributed by atoms with Crippen molar-refractivity contribution in [3.8, 4) is 5.75 Å². The summed E-state index contributed by atoms with van der Waals surface area (Å²) in [6, 6.07) is 14.3. The Balaban J connectivity index is 2.09. The van der Waals surface area contributed by atoms with Gasteiger partial charge >= 0.3 is 0 Å². The van der Waals surface area contributed by atoms with Crippen molar-refractivity contribution in [3.05, 3.63) is 63.6 Å². The zero-order valence-corrected chi connectivity index (χ0v) is 19.2. The molecule has 0 aromatic heterocycles. The van der Waals surface area contributed by atoms with Crippen LogP contribution in [0.3, 0.4) is 0 Å². The Kier molecular flexibility index (Phi) is 8.99. The summed E-state index contributed by atoms with van der Waals surface area (Å²) in [7, 11) is 0. The molecule has 0 aliphatic rings. The van der Waals surface area contributed by atoms with E-state index in [1.54, 1.807) is 30.0 Å². The fourth-order valence-electron chi connectivity index (χ4n) is 2.79. The highest BCUT2D eigenvalue weighted by Crippen LogP contribution is 2.28. The lowest BCUT2D eigenvalue weighted by Gasteiger charge is -2.29. The molecule has 0 spiro atoms. The molecule has 0 heterocycles. The van der Waals surface area contributed by atoms with E-state index in [1.165, 1.54) is 0 Å². The van der Waals surface area contributed by atoms with E-state index in [2.05, 4.69) is 21.2 Å². The minimum Gasteiger partial charge on any atom is -0.483 e. The van der Waals surface area contributed by atoms with Crippen molar-refractivity contribution in [1.82, 2.24) is 10.2 Å². The zero-order valence-electron chi connectivity index (χ0n) is 16.8. The average molecular weight is 482 g/mol. The van der Waals surface area contributed by atoms with E-state index >= 15 is 0 Å². The number of amides is 2. The first-order valence-corrected chi connectivity index (χ1v) is 10.7. The van der Waals surface area contributed by atoms with E-state index in [0.717, 1.165) is 5.56 Å². The summed E-state index contributed by atoms with van der Waals surface area (Å²) in [5.41, 5.74) is 1.10. The van der Waals surface area contributed by atoms with E-state index in [4.69, 9.17) is 16.3 Å². The van der Waals surface area contributed by atoms with E-state index in [9.17, 15) is 9.59 Å². The number of nitrogens with zero attached hydrogens (tertiary/aromatic N) is 1. The number of ether oxygens (including phenoxy) is 1. The van der Waals surface area contributed by atoms with Crippen LogP contribution in [0, 0.1) is 0 Å². The van der Waals surface area contributed by atoms with Crippen LogP contribution in [0.2, 0.25) is 5.02 Å². The van der Waals surface area contributed by atoms with E-state index in [1.807, 2.05) is 44.2 Å². The van der Waals surface area contributed by atoms with Gasteiger partial charge in [0.2, 0.25) is 5.91 Å². The Hall–Kier alpha value is -2.05. The Bertz CT molecular complexity index is 830. The van der Waals surface area contributed by atoms with Gasteiger partial charge in [-0.25, -0.2) is 0 Å². The topological polar surface area (TPSA) is 58.6 Å². The van der Waals surface area contributed by atoms with Crippen molar-refractivity contribution in [2.45, 2.75) is 39.3 Å². The molecule has 5 nitrogen and oxygen atoms in total. The third kappa shape index (κ3) is 7.37. The molecular weight excluding hydrogens is 456 g/mol. The molecule has 2 aromatic rings. The third-order valence-electron chi connectivity index (χ3n) is 4.33. The normalized spacial score (nSPS) is 11.8. The molecule has 0 saturated carbocycles. The summed E-state index contributed by atoms with van der Waals surface area (Å²) in [5, 5.41) is 3.44. The Morgan fingerprint density at radius 1 is 1.14 bits per heavy atom. The van der Waals surface area contributed by atoms with Gasteiger partial charge in [-0.05, 0) is 66.9 Å². The van der Waals surface area contributed by atoms with Crippen LogP contribution in [0.5, 0.6) is 5.75 Å². The lowest BCUT2D eigenvalue weighted by atomic mass is 10.1. The molecule has 7 heteroatoms. The number of hydrogen-bond donors (Lipinski definition) is 1. The Morgan fingerprint density at radius 3 is 2.45 bits per heavy atom. The predicted molar refractivity (Wildman–Crippen MR) is 119 cm³/mol. The molecule has 0 saturated heterocycles. The van der Waals surface area contributed by atoms with Gasteiger partial charge in [0.25, 0.3) is 5.91 Å². The van der Waals surface area contributed by atoms with Gasteiger partial charge in [-0.1, -0.05) is 41.9 Å². The molecular formula is C22H26BrClN2O3. The van der Waals surface area contributed by atoms with Crippen molar-refractivity contribution in [2.24, 2.45) is 0 Å². The average Bonchev–Trinajstić information content (AvgIpc) is 2.67. The van der Waals surface area contributed by atoms with Gasteiger partial charge in [0.1, 0.15) is 11.8 Å². The van der Waals surface area contributed by atoms with Crippen molar-refractivity contribution in [1.29, 1.82) is 0 Å². The van der Waals surface area contributed by atoms with Crippen LogP contribution in [0.4, 0.5) is 0 Å². The second-order valence-electron chi connectivity index (χ2n) is 7.03. The van der Waals surface area contributed by atoms with Crippen LogP contribution < -0.4 is 10.1 Å². The molecule has 156 valence electrons. The van der Waals surface area contributed by atoms with Crippen molar-refractivity contribution in [3.63, 3.8) is 0 Å². The highest BCUT2D eigenvalue weighted by Gasteiger charge is 2.26. The molecule has 1 atom stereocenters. The molecule has 0 radical (unpaired) electrons. The molecule has 0 bridgehead atoms. The van der Waals surface area contributed by atoms with E-state index in [-0.39, 0.29) is 24.5 Å². The zero-order chi connectivity index (χ0) is 21.4. The number of hydrogen-bond acceptors (Lipinski definition) is 3. The van der Waals surface area contributed by atoms with Gasteiger partial charge in [0.15, 0.2) is 6.61 Å². The van der Waals surface area contributed by atoms with Gasteiger partial charge in [-0.15, -0.1) is 0 Å². The van der Waals surface area contributed by atoms with Crippen molar-refractivity contribution in [2.75, 3.05) is 13.2 Å². The van der Waals surface area contributed by atoms with Crippen LogP contribution in [0.25, 0.3) is 0 Å². The standard InChI is InChI=1S/C22H26BrClN2O3/c1-15(2)25-22(28)16(3)26(12-11-17-7-5-4-6-8-17)21(27)14-29-20-10-9-18(24)13-19(20)23/h4-10,13,15-16H,11-12,14H2,1-3H3,(H,25,28). The quantitative estimate of drug-likeness (QED) is 0.575. The lowest BCUT2D eigenvalue weighted by molar-refractivity contribution is -0.141. The molecule has 2 amide bonds. The summed E-state index contributed by atoms with van der Waals surface area (Å²) in [6.45, 7) is 5.76. The van der Waals surface area contributed by atoms with Crippen LogP contribution in [0.1, 0.15) is 26.3 Å². The maximum Gasteiger partial charge on any atom is 0.261 e. The Morgan fingerprint density at radius 2 is 1.83 bits per heavy atom. The lowest BCUT2D eigenvalue weighted by Crippen LogP contribution is -2.51. The summed E-state index contributed by atoms with van der Waals surface area (Å²) >= 11 is 9.32. The van der Waals surface area contributed by atoms with Crippen LogP contribution in [0.15, 0.2) is 53.0 Å². The molecule has 29 heavy (non-hydrogen) atoms. The summed E-state index contributed by atoms with van der Waals surface area (Å²) in [5.74, 6) is 0.0771. The third-order valence-corrected chi connectivity index (χ3v) is 5.18. The first kappa shape index (κ1) is 23.2. The molecule has 1 unspecified atom stereocenters. The second kappa shape index (κ2) is 11.2. The van der Waals surface area contributed by atoms with Gasteiger partial charge < -0.3 is 15.0 Å². The smallest absolute Gasteiger partial charge is 0.261 e. The molecule has 0 aliphatic carbocycles. The first-order valence-electron chi connectivity index (χ1n) is 9.49. The number of nitrogens with one attached hydrogen (secondary N) is 1. The van der Waals surface area contributed by atoms with Gasteiger partial charge in [-0.2, -0.15) is 0 Å². The summed E-state index contributed by atoms with van der Waals surface area (Å²) in [6.07, 6.45) is 0.649. The van der Waals surface area contributed by atoms with Gasteiger partial charge in [0, 0.05) is 17.6 Å². The molecule has 2 rings (SSSR count). The predicted octanol–water partition coefficient (Wildman–Crippen LogP) is 4.47.